The molecule has 10 heteroatoms. The van der Waals surface area contributed by atoms with Gasteiger partial charge in [-0.2, -0.15) is 5.10 Å². The van der Waals surface area contributed by atoms with E-state index in [1.807, 2.05) is 29.9 Å². The number of carbonyl (C=O) groups is 2. The Labute approximate surface area is 194 Å². The number of nitrogens with one attached hydrogen (secondary N) is 2. The Morgan fingerprint density at radius 2 is 2.06 bits per heavy atom. The van der Waals surface area contributed by atoms with Gasteiger partial charge in [0.25, 0.3) is 5.91 Å². The molecule has 0 aliphatic carbocycles. The Bertz CT molecular complexity index is 973. The van der Waals surface area contributed by atoms with E-state index in [1.54, 1.807) is 4.90 Å². The van der Waals surface area contributed by atoms with Crippen LogP contribution >= 0.6 is 24.8 Å². The van der Waals surface area contributed by atoms with Crippen LogP contribution < -0.4 is 15.5 Å². The smallest absolute Gasteiger partial charge is 0.253 e. The molecule has 1 saturated heterocycles. The lowest BCUT2D eigenvalue weighted by Crippen LogP contribution is -2.34. The normalized spacial score (nSPS) is 19.4. The van der Waals surface area contributed by atoms with Crippen molar-refractivity contribution < 1.29 is 9.59 Å². The molecule has 5 rings (SSSR count). The van der Waals surface area contributed by atoms with Crippen LogP contribution in [0.2, 0.25) is 0 Å². The molecule has 1 aromatic heterocycles. The molecule has 4 heterocycles. The lowest BCUT2D eigenvalue weighted by atomic mass is 9.98. The monoisotopic (exact) mass is 466 g/mol. The molecule has 1 unspecified atom stereocenters. The number of halogens is 2. The summed E-state index contributed by atoms with van der Waals surface area (Å²) in [6.07, 6.45) is 2.46. The zero-order chi connectivity index (χ0) is 20.0. The van der Waals surface area contributed by atoms with Gasteiger partial charge in [-0.05, 0) is 55.6 Å². The van der Waals surface area contributed by atoms with Gasteiger partial charge in [0.2, 0.25) is 5.91 Å². The number of hydrogen-bond acceptors (Lipinski definition) is 5. The van der Waals surface area contributed by atoms with Crippen LogP contribution in [0.3, 0.4) is 0 Å². The predicted molar refractivity (Wildman–Crippen MR) is 125 cm³/mol. The summed E-state index contributed by atoms with van der Waals surface area (Å²) in [4.78, 5) is 28.6. The number of anilines is 3. The van der Waals surface area contributed by atoms with Crippen LogP contribution in [0.4, 0.5) is 17.3 Å². The number of amides is 2. The largest absolute Gasteiger partial charge is 0.341 e. The number of fused-ring (bicyclic) bond motifs is 2. The summed E-state index contributed by atoms with van der Waals surface area (Å²) in [7, 11) is 1.84. The minimum Gasteiger partial charge on any atom is -0.341 e. The first kappa shape index (κ1) is 23.4. The maximum Gasteiger partial charge on any atom is 0.253 e. The van der Waals surface area contributed by atoms with Gasteiger partial charge in [0.15, 0.2) is 5.82 Å². The van der Waals surface area contributed by atoms with Crippen molar-refractivity contribution in [3.8, 4) is 0 Å². The second-order valence-electron chi connectivity index (χ2n) is 8.19. The molecular weight excluding hydrogens is 439 g/mol. The summed E-state index contributed by atoms with van der Waals surface area (Å²) in [6.45, 7) is 4.26. The van der Waals surface area contributed by atoms with E-state index in [-0.39, 0.29) is 36.6 Å². The van der Waals surface area contributed by atoms with Gasteiger partial charge in [-0.15, -0.1) is 24.8 Å². The molecule has 3 aliphatic heterocycles. The van der Waals surface area contributed by atoms with Crippen molar-refractivity contribution in [2.45, 2.75) is 25.8 Å². The van der Waals surface area contributed by atoms with Gasteiger partial charge < -0.3 is 20.4 Å². The summed E-state index contributed by atoms with van der Waals surface area (Å²) >= 11 is 0. The molecule has 0 saturated carbocycles. The fourth-order valence-corrected chi connectivity index (χ4v) is 4.52. The second kappa shape index (κ2) is 9.46. The minimum atomic E-state index is 0. The number of benzene rings is 1. The molecule has 0 spiro atoms. The maximum atomic E-state index is 12.3. The highest BCUT2D eigenvalue weighted by Crippen LogP contribution is 2.34. The Balaban J connectivity index is 0.00000136. The summed E-state index contributed by atoms with van der Waals surface area (Å²) in [5.74, 6) is 2.11. The van der Waals surface area contributed by atoms with Crippen molar-refractivity contribution in [3.05, 3.63) is 35.4 Å². The molecule has 1 aromatic carbocycles. The fourth-order valence-electron chi connectivity index (χ4n) is 4.52. The van der Waals surface area contributed by atoms with E-state index in [1.165, 1.54) is 0 Å². The highest BCUT2D eigenvalue weighted by Gasteiger charge is 2.27. The number of aromatic nitrogens is 2. The first-order chi connectivity index (χ1) is 14.1. The van der Waals surface area contributed by atoms with Gasteiger partial charge in [-0.1, -0.05) is 0 Å². The number of likely N-dealkylation sites (N-methyl/N-ethyl adjacent to an activating group) is 1. The molecule has 2 N–H and O–H groups in total. The van der Waals surface area contributed by atoms with Gasteiger partial charge in [0.05, 0.1) is 6.54 Å². The van der Waals surface area contributed by atoms with E-state index in [0.717, 1.165) is 68.2 Å². The molecule has 8 nitrogen and oxygen atoms in total. The second-order valence-corrected chi connectivity index (χ2v) is 8.19. The van der Waals surface area contributed by atoms with Crippen molar-refractivity contribution in [1.29, 1.82) is 0 Å². The van der Waals surface area contributed by atoms with Crippen LogP contribution in [-0.2, 0) is 17.8 Å². The first-order valence-electron chi connectivity index (χ1n) is 10.3. The van der Waals surface area contributed by atoms with Crippen molar-refractivity contribution in [2.24, 2.45) is 5.92 Å². The van der Waals surface area contributed by atoms with E-state index < -0.39 is 0 Å². The molecular formula is C21H28Cl2N6O2. The average Bonchev–Trinajstić information content (AvgIpc) is 3.42. The SMILES string of the molecule is CN1CCc2cc(N3CCn4nc(NC(=O)CC5CCNC5)cc43)ccc2C1=O.Cl.Cl. The van der Waals surface area contributed by atoms with Gasteiger partial charge in [-0.3, -0.25) is 9.59 Å². The summed E-state index contributed by atoms with van der Waals surface area (Å²) in [5.41, 5.74) is 2.96. The standard InChI is InChI=1S/C21H26N6O2.2ClH/c1-25-7-5-15-11-16(2-3-17(15)21(25)29)26-8-9-27-20(26)12-18(24-27)23-19(28)10-14-4-6-22-13-14;;/h2-3,11-12,14,22H,4-10,13H2,1H3,(H,23,24,28);2*1H. The molecule has 2 aromatic rings. The highest BCUT2D eigenvalue weighted by atomic mass is 35.5. The summed E-state index contributed by atoms with van der Waals surface area (Å²) in [5, 5.41) is 10.8. The predicted octanol–water partition coefficient (Wildman–Crippen LogP) is 2.44. The minimum absolute atomic E-state index is 0. The molecule has 2 amide bonds. The van der Waals surface area contributed by atoms with E-state index in [4.69, 9.17) is 0 Å². The third-order valence-corrected chi connectivity index (χ3v) is 6.17. The molecule has 31 heavy (non-hydrogen) atoms. The van der Waals surface area contributed by atoms with Crippen molar-refractivity contribution in [3.63, 3.8) is 0 Å². The van der Waals surface area contributed by atoms with Crippen LogP contribution in [0.5, 0.6) is 0 Å². The maximum absolute atomic E-state index is 12.3. The zero-order valence-electron chi connectivity index (χ0n) is 17.5. The average molecular weight is 467 g/mol. The Morgan fingerprint density at radius 3 is 2.84 bits per heavy atom. The Kier molecular flexibility index (Phi) is 7.13. The highest BCUT2D eigenvalue weighted by molar-refractivity contribution is 5.97. The van der Waals surface area contributed by atoms with E-state index in [9.17, 15) is 9.59 Å². The molecule has 1 atom stereocenters. The molecule has 3 aliphatic rings. The third kappa shape index (κ3) is 4.51. The van der Waals surface area contributed by atoms with Gasteiger partial charge >= 0.3 is 0 Å². The number of nitrogens with zero attached hydrogens (tertiary/aromatic N) is 4. The lowest BCUT2D eigenvalue weighted by Gasteiger charge is -2.26. The van der Waals surface area contributed by atoms with Crippen LogP contribution in [-0.4, -0.2) is 59.7 Å². The van der Waals surface area contributed by atoms with Crippen molar-refractivity contribution in [2.75, 3.05) is 43.4 Å². The van der Waals surface area contributed by atoms with Crippen molar-refractivity contribution >= 4 is 54.0 Å². The number of carbonyl (C=O) groups excluding carboxylic acids is 2. The van der Waals surface area contributed by atoms with Crippen LogP contribution in [0.25, 0.3) is 0 Å². The zero-order valence-corrected chi connectivity index (χ0v) is 19.1. The summed E-state index contributed by atoms with van der Waals surface area (Å²) < 4.78 is 1.94. The molecule has 1 fully saturated rings. The molecule has 168 valence electrons. The third-order valence-electron chi connectivity index (χ3n) is 6.17. The van der Waals surface area contributed by atoms with Crippen LogP contribution in [0, 0.1) is 5.92 Å². The Hall–Kier alpha value is -2.29. The Morgan fingerprint density at radius 1 is 1.23 bits per heavy atom. The topological polar surface area (TPSA) is 82.5 Å². The lowest BCUT2D eigenvalue weighted by molar-refractivity contribution is -0.117. The van der Waals surface area contributed by atoms with E-state index in [2.05, 4.69) is 26.7 Å². The summed E-state index contributed by atoms with van der Waals surface area (Å²) in [6, 6.07) is 7.99. The first-order valence-corrected chi connectivity index (χ1v) is 10.3. The fraction of sp³-hybridized carbons (Fsp3) is 0.476. The van der Waals surface area contributed by atoms with Crippen LogP contribution in [0.15, 0.2) is 24.3 Å². The van der Waals surface area contributed by atoms with E-state index in [0.29, 0.717) is 18.2 Å². The number of rotatable bonds is 4. The van der Waals surface area contributed by atoms with Crippen LogP contribution in [0.1, 0.15) is 28.8 Å². The van der Waals surface area contributed by atoms with E-state index >= 15 is 0 Å². The van der Waals surface area contributed by atoms with Gasteiger partial charge in [0, 0.05) is 43.9 Å². The van der Waals surface area contributed by atoms with Gasteiger partial charge in [0.1, 0.15) is 5.82 Å². The number of hydrogen-bond donors (Lipinski definition) is 2. The molecule has 0 radical (unpaired) electrons. The van der Waals surface area contributed by atoms with Gasteiger partial charge in [-0.25, -0.2) is 4.68 Å². The van der Waals surface area contributed by atoms with Crippen molar-refractivity contribution in [1.82, 2.24) is 20.0 Å². The molecule has 0 bridgehead atoms. The quantitative estimate of drug-likeness (QED) is 0.722.